The fraction of sp³-hybridized carbons (Fsp3) is 0.143. The Balaban J connectivity index is 2.19. The lowest BCUT2D eigenvalue weighted by Gasteiger charge is -2.16. The second kappa shape index (κ2) is 5.27. The van der Waals surface area contributed by atoms with Gasteiger partial charge in [0.1, 0.15) is 17.7 Å². The molecule has 0 bridgehead atoms. The molecule has 2 N–H and O–H groups in total. The highest BCUT2D eigenvalue weighted by Crippen LogP contribution is 2.28. The number of hydrogen-bond donors (Lipinski definition) is 1. The standard InChI is InChI=1S/C14H13ClFNO/c1-9(11-4-2-3-5-13(11)16)18-10-6-7-12(15)14(17)8-10/h2-9H,17H2,1H3. The maximum atomic E-state index is 13.6. The van der Waals surface area contributed by atoms with Crippen molar-refractivity contribution in [3.63, 3.8) is 0 Å². The molecule has 0 spiro atoms. The molecule has 0 saturated heterocycles. The summed E-state index contributed by atoms with van der Waals surface area (Å²) in [6.45, 7) is 1.78. The van der Waals surface area contributed by atoms with E-state index >= 15 is 0 Å². The monoisotopic (exact) mass is 265 g/mol. The van der Waals surface area contributed by atoms with Crippen LogP contribution in [0, 0.1) is 5.82 Å². The van der Waals surface area contributed by atoms with Gasteiger partial charge in [-0.25, -0.2) is 4.39 Å². The largest absolute Gasteiger partial charge is 0.486 e. The van der Waals surface area contributed by atoms with Crippen LogP contribution in [0.25, 0.3) is 0 Å². The normalized spacial score (nSPS) is 12.2. The van der Waals surface area contributed by atoms with E-state index in [4.69, 9.17) is 22.1 Å². The summed E-state index contributed by atoms with van der Waals surface area (Å²) >= 11 is 5.82. The molecule has 2 aromatic rings. The Labute approximate surface area is 110 Å². The molecule has 1 unspecified atom stereocenters. The second-order valence-corrected chi connectivity index (χ2v) is 4.37. The zero-order valence-electron chi connectivity index (χ0n) is 9.86. The van der Waals surface area contributed by atoms with Gasteiger partial charge in [0.2, 0.25) is 0 Å². The number of nitrogen functional groups attached to an aromatic ring is 1. The second-order valence-electron chi connectivity index (χ2n) is 3.96. The highest BCUT2D eigenvalue weighted by Gasteiger charge is 2.12. The van der Waals surface area contributed by atoms with Crippen LogP contribution in [-0.2, 0) is 0 Å². The molecule has 0 aromatic heterocycles. The van der Waals surface area contributed by atoms with E-state index in [1.54, 1.807) is 43.3 Å². The molecule has 94 valence electrons. The van der Waals surface area contributed by atoms with Gasteiger partial charge in [-0.1, -0.05) is 29.8 Å². The van der Waals surface area contributed by atoms with Crippen molar-refractivity contribution in [2.45, 2.75) is 13.0 Å². The molecule has 0 amide bonds. The number of halogens is 2. The molecule has 0 fully saturated rings. The molecule has 0 radical (unpaired) electrons. The number of nitrogens with two attached hydrogens (primary N) is 1. The number of rotatable bonds is 3. The number of anilines is 1. The van der Waals surface area contributed by atoms with Gasteiger partial charge >= 0.3 is 0 Å². The van der Waals surface area contributed by atoms with Gasteiger partial charge in [0.25, 0.3) is 0 Å². The van der Waals surface area contributed by atoms with Crippen molar-refractivity contribution in [3.05, 3.63) is 58.9 Å². The molecule has 2 aromatic carbocycles. The van der Waals surface area contributed by atoms with E-state index in [9.17, 15) is 4.39 Å². The fourth-order valence-corrected chi connectivity index (χ4v) is 1.79. The molecule has 18 heavy (non-hydrogen) atoms. The first-order chi connectivity index (χ1) is 8.58. The van der Waals surface area contributed by atoms with Crippen molar-refractivity contribution in [2.24, 2.45) is 0 Å². The summed E-state index contributed by atoms with van der Waals surface area (Å²) in [5, 5.41) is 0.473. The van der Waals surface area contributed by atoms with Crippen LogP contribution in [0.3, 0.4) is 0 Å². The van der Waals surface area contributed by atoms with Crippen LogP contribution >= 0.6 is 11.6 Å². The van der Waals surface area contributed by atoms with E-state index in [0.717, 1.165) is 0 Å². The number of ether oxygens (including phenoxy) is 1. The minimum Gasteiger partial charge on any atom is -0.486 e. The van der Waals surface area contributed by atoms with E-state index in [1.807, 2.05) is 0 Å². The average Bonchev–Trinajstić information content (AvgIpc) is 2.34. The summed E-state index contributed by atoms with van der Waals surface area (Å²) in [4.78, 5) is 0. The molecule has 1 atom stereocenters. The van der Waals surface area contributed by atoms with Crippen LogP contribution in [0.2, 0.25) is 5.02 Å². The molecule has 2 nitrogen and oxygen atoms in total. The summed E-state index contributed by atoms with van der Waals surface area (Å²) in [7, 11) is 0. The van der Waals surface area contributed by atoms with Crippen LogP contribution in [0.1, 0.15) is 18.6 Å². The van der Waals surface area contributed by atoms with E-state index in [0.29, 0.717) is 22.0 Å². The van der Waals surface area contributed by atoms with Gasteiger partial charge < -0.3 is 10.5 Å². The molecule has 2 rings (SSSR count). The molecular formula is C14H13ClFNO. The Morgan fingerprint density at radius 3 is 2.61 bits per heavy atom. The molecule has 0 aliphatic carbocycles. The Morgan fingerprint density at radius 1 is 1.22 bits per heavy atom. The summed E-state index contributed by atoms with van der Waals surface area (Å²) in [6.07, 6.45) is -0.397. The van der Waals surface area contributed by atoms with E-state index < -0.39 is 6.10 Å². The zero-order chi connectivity index (χ0) is 13.1. The predicted octanol–water partition coefficient (Wildman–Crippen LogP) is 4.20. The van der Waals surface area contributed by atoms with E-state index in [2.05, 4.69) is 0 Å². The van der Waals surface area contributed by atoms with Crippen LogP contribution in [-0.4, -0.2) is 0 Å². The molecule has 0 aliphatic heterocycles. The first-order valence-electron chi connectivity index (χ1n) is 5.54. The van der Waals surface area contributed by atoms with Crippen molar-refractivity contribution < 1.29 is 9.13 Å². The van der Waals surface area contributed by atoms with Gasteiger partial charge in [-0.15, -0.1) is 0 Å². The lowest BCUT2D eigenvalue weighted by molar-refractivity contribution is 0.221. The van der Waals surface area contributed by atoms with E-state index in [-0.39, 0.29) is 5.82 Å². The maximum Gasteiger partial charge on any atom is 0.130 e. The first kappa shape index (κ1) is 12.7. The van der Waals surface area contributed by atoms with Gasteiger partial charge in [0.05, 0.1) is 10.7 Å². The Bertz CT molecular complexity index is 559. The highest BCUT2D eigenvalue weighted by molar-refractivity contribution is 6.33. The van der Waals surface area contributed by atoms with E-state index in [1.165, 1.54) is 6.07 Å². The van der Waals surface area contributed by atoms with Crippen molar-refractivity contribution in [1.82, 2.24) is 0 Å². The maximum absolute atomic E-state index is 13.6. The van der Waals surface area contributed by atoms with Crippen molar-refractivity contribution >= 4 is 17.3 Å². The average molecular weight is 266 g/mol. The predicted molar refractivity (Wildman–Crippen MR) is 71.3 cm³/mol. The third-order valence-corrected chi connectivity index (χ3v) is 2.97. The molecule has 0 aliphatic rings. The van der Waals surface area contributed by atoms with Gasteiger partial charge in [-0.3, -0.25) is 0 Å². The number of benzene rings is 2. The van der Waals surface area contributed by atoms with Gasteiger partial charge in [-0.05, 0) is 25.1 Å². The zero-order valence-corrected chi connectivity index (χ0v) is 10.6. The van der Waals surface area contributed by atoms with Gasteiger partial charge in [-0.2, -0.15) is 0 Å². The third kappa shape index (κ3) is 2.74. The minimum atomic E-state index is -0.397. The summed E-state index contributed by atoms with van der Waals surface area (Å²) in [6, 6.07) is 11.5. The third-order valence-electron chi connectivity index (χ3n) is 2.62. The quantitative estimate of drug-likeness (QED) is 0.844. The molecule has 0 heterocycles. The molecular weight excluding hydrogens is 253 g/mol. The lowest BCUT2D eigenvalue weighted by atomic mass is 10.1. The fourth-order valence-electron chi connectivity index (χ4n) is 1.67. The van der Waals surface area contributed by atoms with Gasteiger partial charge in [0, 0.05) is 11.6 Å². The van der Waals surface area contributed by atoms with Crippen molar-refractivity contribution in [1.29, 1.82) is 0 Å². The molecule has 4 heteroatoms. The smallest absolute Gasteiger partial charge is 0.130 e. The van der Waals surface area contributed by atoms with Gasteiger partial charge in [0.15, 0.2) is 0 Å². The Kier molecular flexibility index (Phi) is 3.72. The highest BCUT2D eigenvalue weighted by atomic mass is 35.5. The van der Waals surface area contributed by atoms with Crippen LogP contribution in [0.5, 0.6) is 5.75 Å². The van der Waals surface area contributed by atoms with Crippen LogP contribution in [0.15, 0.2) is 42.5 Å². The molecule has 0 saturated carbocycles. The summed E-state index contributed by atoms with van der Waals surface area (Å²) in [5.41, 5.74) is 6.62. The SMILES string of the molecule is CC(Oc1ccc(Cl)c(N)c1)c1ccccc1F. The topological polar surface area (TPSA) is 35.2 Å². The Hall–Kier alpha value is -1.74. The summed E-state index contributed by atoms with van der Waals surface area (Å²) in [5.74, 6) is 0.277. The summed E-state index contributed by atoms with van der Waals surface area (Å²) < 4.78 is 19.2. The first-order valence-corrected chi connectivity index (χ1v) is 5.92. The minimum absolute atomic E-state index is 0.285. The van der Waals surface area contributed by atoms with Crippen molar-refractivity contribution in [2.75, 3.05) is 5.73 Å². The lowest BCUT2D eigenvalue weighted by Crippen LogP contribution is -2.05. The Morgan fingerprint density at radius 2 is 1.94 bits per heavy atom. The van der Waals surface area contributed by atoms with Crippen LogP contribution in [0.4, 0.5) is 10.1 Å². The van der Waals surface area contributed by atoms with Crippen molar-refractivity contribution in [3.8, 4) is 5.75 Å². The van der Waals surface area contributed by atoms with Crippen LogP contribution < -0.4 is 10.5 Å². The number of hydrogen-bond acceptors (Lipinski definition) is 2.